The second-order valence-corrected chi connectivity index (χ2v) is 5.19. The molecule has 0 aliphatic rings. The van der Waals surface area contributed by atoms with Crippen LogP contribution in [0.2, 0.25) is 0 Å². The highest BCUT2D eigenvalue weighted by Gasteiger charge is 2.15. The van der Waals surface area contributed by atoms with E-state index in [0.29, 0.717) is 21.5 Å². The second kappa shape index (κ2) is 5.92. The fourth-order valence-electron chi connectivity index (χ4n) is 1.79. The Morgan fingerprint density at radius 2 is 2.10 bits per heavy atom. The van der Waals surface area contributed by atoms with Crippen molar-refractivity contribution in [2.45, 2.75) is 6.92 Å². The summed E-state index contributed by atoms with van der Waals surface area (Å²) in [6.45, 7) is 1.81. The van der Waals surface area contributed by atoms with E-state index in [4.69, 9.17) is 15.9 Å². The SMILES string of the molecule is Cc1cccc(C(=N)N)c1Oc1cc([N+](=O)[O-])ccc1Br. The standard InChI is InChI=1S/C14H12BrN3O3/c1-8-3-2-4-10(14(16)17)13(8)21-12-7-9(18(19)20)5-6-11(12)15/h2-7H,1H3,(H3,16,17). The third kappa shape index (κ3) is 3.19. The van der Waals surface area contributed by atoms with E-state index in [-0.39, 0.29) is 11.5 Å². The minimum absolute atomic E-state index is 0.0776. The lowest BCUT2D eigenvalue weighted by molar-refractivity contribution is -0.384. The van der Waals surface area contributed by atoms with E-state index >= 15 is 0 Å². The van der Waals surface area contributed by atoms with Crippen molar-refractivity contribution in [3.05, 3.63) is 62.1 Å². The van der Waals surface area contributed by atoms with Gasteiger partial charge in [0.05, 0.1) is 21.0 Å². The molecule has 0 amide bonds. The molecule has 0 saturated carbocycles. The molecule has 6 nitrogen and oxygen atoms in total. The molecule has 2 aromatic rings. The Balaban J connectivity index is 2.50. The van der Waals surface area contributed by atoms with Crippen LogP contribution in [0.25, 0.3) is 0 Å². The summed E-state index contributed by atoms with van der Waals surface area (Å²) in [6.07, 6.45) is 0. The minimum Gasteiger partial charge on any atom is -0.455 e. The Kier molecular flexibility index (Phi) is 4.23. The van der Waals surface area contributed by atoms with Crippen molar-refractivity contribution in [2.75, 3.05) is 0 Å². The maximum Gasteiger partial charge on any atom is 0.273 e. The van der Waals surface area contributed by atoms with Crippen molar-refractivity contribution < 1.29 is 9.66 Å². The third-order valence-corrected chi connectivity index (χ3v) is 3.49. The summed E-state index contributed by atoms with van der Waals surface area (Å²) in [6, 6.07) is 9.48. The molecule has 7 heteroatoms. The summed E-state index contributed by atoms with van der Waals surface area (Å²) in [5.74, 6) is 0.572. The summed E-state index contributed by atoms with van der Waals surface area (Å²) in [5, 5.41) is 18.4. The molecule has 2 rings (SSSR count). The first kappa shape index (κ1) is 15.0. The number of nitro benzene ring substituents is 1. The fraction of sp³-hybridized carbons (Fsp3) is 0.0714. The zero-order valence-corrected chi connectivity index (χ0v) is 12.7. The molecule has 2 aromatic carbocycles. The van der Waals surface area contributed by atoms with Gasteiger partial charge in [0.15, 0.2) is 0 Å². The van der Waals surface area contributed by atoms with Crippen molar-refractivity contribution in [1.82, 2.24) is 0 Å². The van der Waals surface area contributed by atoms with Gasteiger partial charge in [-0.3, -0.25) is 15.5 Å². The number of halogens is 1. The molecular weight excluding hydrogens is 338 g/mol. The maximum absolute atomic E-state index is 10.8. The van der Waals surface area contributed by atoms with Gasteiger partial charge in [0.25, 0.3) is 5.69 Å². The first-order valence-electron chi connectivity index (χ1n) is 5.96. The highest BCUT2D eigenvalue weighted by atomic mass is 79.9. The van der Waals surface area contributed by atoms with Gasteiger partial charge in [0, 0.05) is 6.07 Å². The van der Waals surface area contributed by atoms with Crippen molar-refractivity contribution in [2.24, 2.45) is 5.73 Å². The molecule has 3 N–H and O–H groups in total. The number of aryl methyl sites for hydroxylation is 1. The number of nitro groups is 1. The van der Waals surface area contributed by atoms with Gasteiger partial charge in [-0.15, -0.1) is 0 Å². The number of hydrogen-bond donors (Lipinski definition) is 2. The molecule has 0 spiro atoms. The van der Waals surface area contributed by atoms with Crippen LogP contribution in [-0.2, 0) is 0 Å². The first-order valence-corrected chi connectivity index (χ1v) is 6.75. The highest BCUT2D eigenvalue weighted by molar-refractivity contribution is 9.10. The molecule has 0 fully saturated rings. The number of nitrogens with two attached hydrogens (primary N) is 1. The second-order valence-electron chi connectivity index (χ2n) is 4.34. The Labute approximate surface area is 129 Å². The van der Waals surface area contributed by atoms with Gasteiger partial charge >= 0.3 is 0 Å². The van der Waals surface area contributed by atoms with Crippen LogP contribution < -0.4 is 10.5 Å². The van der Waals surface area contributed by atoms with Gasteiger partial charge in [-0.05, 0) is 40.5 Å². The molecular formula is C14H12BrN3O3. The number of rotatable bonds is 4. The third-order valence-electron chi connectivity index (χ3n) is 2.84. The van der Waals surface area contributed by atoms with E-state index in [1.807, 2.05) is 13.0 Å². The summed E-state index contributed by atoms with van der Waals surface area (Å²) in [4.78, 5) is 10.3. The predicted octanol–water partition coefficient (Wildman–Crippen LogP) is 3.74. The largest absolute Gasteiger partial charge is 0.455 e. The summed E-state index contributed by atoms with van der Waals surface area (Å²) >= 11 is 3.29. The maximum atomic E-state index is 10.8. The Morgan fingerprint density at radius 3 is 2.71 bits per heavy atom. The first-order chi connectivity index (χ1) is 9.90. The number of benzene rings is 2. The summed E-state index contributed by atoms with van der Waals surface area (Å²) < 4.78 is 6.33. The van der Waals surface area contributed by atoms with E-state index in [9.17, 15) is 10.1 Å². The van der Waals surface area contributed by atoms with Gasteiger partial charge in [-0.1, -0.05) is 12.1 Å². The highest BCUT2D eigenvalue weighted by Crippen LogP contribution is 2.35. The number of amidine groups is 1. The molecule has 0 heterocycles. The van der Waals surface area contributed by atoms with Crippen LogP contribution in [0.1, 0.15) is 11.1 Å². The van der Waals surface area contributed by atoms with Crippen LogP contribution in [0.15, 0.2) is 40.9 Å². The molecule has 0 atom stereocenters. The number of nitrogens with zero attached hydrogens (tertiary/aromatic N) is 1. The zero-order chi connectivity index (χ0) is 15.6. The van der Waals surface area contributed by atoms with Crippen LogP contribution in [0.5, 0.6) is 11.5 Å². The van der Waals surface area contributed by atoms with Gasteiger partial charge in [0.1, 0.15) is 17.3 Å². The quantitative estimate of drug-likeness (QED) is 0.379. The average molecular weight is 350 g/mol. The molecule has 108 valence electrons. The molecule has 21 heavy (non-hydrogen) atoms. The van der Waals surface area contributed by atoms with Crippen molar-refractivity contribution >= 4 is 27.5 Å². The zero-order valence-electron chi connectivity index (χ0n) is 11.1. The van der Waals surface area contributed by atoms with E-state index in [1.54, 1.807) is 18.2 Å². The smallest absolute Gasteiger partial charge is 0.273 e. The van der Waals surface area contributed by atoms with E-state index in [0.717, 1.165) is 5.56 Å². The number of nitrogen functional groups attached to an aromatic ring is 1. The van der Waals surface area contributed by atoms with Crippen molar-refractivity contribution in [1.29, 1.82) is 5.41 Å². The molecule has 0 aromatic heterocycles. The Morgan fingerprint density at radius 1 is 1.38 bits per heavy atom. The normalized spacial score (nSPS) is 10.2. The van der Waals surface area contributed by atoms with Crippen LogP contribution in [0.3, 0.4) is 0 Å². The topological polar surface area (TPSA) is 102 Å². The lowest BCUT2D eigenvalue weighted by Gasteiger charge is -2.14. The molecule has 0 aliphatic heterocycles. The average Bonchev–Trinajstić information content (AvgIpc) is 2.42. The number of nitrogens with one attached hydrogen (secondary N) is 1. The summed E-state index contributed by atoms with van der Waals surface area (Å²) in [5.41, 5.74) is 6.68. The van der Waals surface area contributed by atoms with Gasteiger partial charge in [0.2, 0.25) is 0 Å². The Hall–Kier alpha value is -2.41. The lowest BCUT2D eigenvalue weighted by Crippen LogP contribution is -2.12. The number of hydrogen-bond acceptors (Lipinski definition) is 4. The lowest BCUT2D eigenvalue weighted by atomic mass is 10.1. The van der Waals surface area contributed by atoms with E-state index < -0.39 is 4.92 Å². The fourth-order valence-corrected chi connectivity index (χ4v) is 2.12. The molecule has 0 bridgehead atoms. The van der Waals surface area contributed by atoms with Crippen LogP contribution in [0, 0.1) is 22.4 Å². The molecule has 0 aliphatic carbocycles. The van der Waals surface area contributed by atoms with Crippen LogP contribution in [-0.4, -0.2) is 10.8 Å². The van der Waals surface area contributed by atoms with Gasteiger partial charge in [-0.25, -0.2) is 0 Å². The predicted molar refractivity (Wildman–Crippen MR) is 83.1 cm³/mol. The van der Waals surface area contributed by atoms with Crippen LogP contribution in [0.4, 0.5) is 5.69 Å². The minimum atomic E-state index is -0.497. The van der Waals surface area contributed by atoms with Crippen molar-refractivity contribution in [3.63, 3.8) is 0 Å². The molecule has 0 unspecified atom stereocenters. The molecule has 0 radical (unpaired) electrons. The monoisotopic (exact) mass is 349 g/mol. The van der Waals surface area contributed by atoms with E-state index in [1.165, 1.54) is 12.1 Å². The number of ether oxygens (including phenoxy) is 1. The van der Waals surface area contributed by atoms with Gasteiger partial charge < -0.3 is 10.5 Å². The number of para-hydroxylation sites is 1. The number of non-ortho nitro benzene ring substituents is 1. The van der Waals surface area contributed by atoms with Crippen LogP contribution >= 0.6 is 15.9 Å². The van der Waals surface area contributed by atoms with Crippen molar-refractivity contribution in [3.8, 4) is 11.5 Å². The summed E-state index contributed by atoms with van der Waals surface area (Å²) in [7, 11) is 0. The Bertz CT molecular complexity index is 731. The molecule has 0 saturated heterocycles. The van der Waals surface area contributed by atoms with E-state index in [2.05, 4.69) is 15.9 Å². The van der Waals surface area contributed by atoms with Gasteiger partial charge in [-0.2, -0.15) is 0 Å².